The first-order valence-electron chi connectivity index (χ1n) is 15.9. The van der Waals surface area contributed by atoms with Crippen LogP contribution in [0.5, 0.6) is 0 Å². The van der Waals surface area contributed by atoms with Crippen LogP contribution < -0.4 is 0 Å². The van der Waals surface area contributed by atoms with E-state index in [9.17, 15) is 0 Å². The molecule has 0 heteroatoms. The van der Waals surface area contributed by atoms with E-state index in [0.717, 1.165) is 0 Å². The van der Waals surface area contributed by atoms with Crippen molar-refractivity contribution in [3.63, 3.8) is 0 Å². The van der Waals surface area contributed by atoms with Crippen molar-refractivity contribution in [2.45, 2.75) is 0 Å². The van der Waals surface area contributed by atoms with E-state index in [-0.39, 0.29) is 0 Å². The van der Waals surface area contributed by atoms with E-state index in [0.29, 0.717) is 0 Å². The number of hydrogen-bond donors (Lipinski definition) is 0. The standard InChI is InChI=1S/C46H30/c1-2-13-31(14-3-1)34-18-10-19-36(29-34)45-39-21-6-8-23-41(39)46(42-24-9-7-22-40(42)45)43-26-12-17-33-27-28-35(30-44(33)43)38-25-11-16-32-15-4-5-20-37(32)38/h1-30H. The third-order valence-corrected chi connectivity index (χ3v) is 9.44. The molecule has 0 amide bonds. The third kappa shape index (κ3) is 4.30. The van der Waals surface area contributed by atoms with Gasteiger partial charge in [-0.1, -0.05) is 170 Å². The van der Waals surface area contributed by atoms with Crippen molar-refractivity contribution < 1.29 is 0 Å². The molecule has 0 aliphatic heterocycles. The van der Waals surface area contributed by atoms with E-state index in [1.54, 1.807) is 0 Å². The zero-order valence-corrected chi connectivity index (χ0v) is 25.3. The minimum atomic E-state index is 1.23. The van der Waals surface area contributed by atoms with E-state index in [1.165, 1.54) is 87.6 Å². The molecule has 0 radical (unpaired) electrons. The summed E-state index contributed by atoms with van der Waals surface area (Å²) in [4.78, 5) is 0. The Morgan fingerprint density at radius 2 is 0.717 bits per heavy atom. The summed E-state index contributed by atoms with van der Waals surface area (Å²) in [6.45, 7) is 0. The van der Waals surface area contributed by atoms with Crippen LogP contribution in [0.2, 0.25) is 0 Å². The summed E-state index contributed by atoms with van der Waals surface area (Å²) in [5.41, 5.74) is 10.0. The molecule has 0 N–H and O–H groups in total. The van der Waals surface area contributed by atoms with Crippen LogP contribution >= 0.6 is 0 Å². The van der Waals surface area contributed by atoms with Gasteiger partial charge in [-0.15, -0.1) is 0 Å². The van der Waals surface area contributed by atoms with Crippen molar-refractivity contribution in [3.8, 4) is 44.5 Å². The fourth-order valence-electron chi connectivity index (χ4n) is 7.35. The lowest BCUT2D eigenvalue weighted by atomic mass is 9.84. The first-order chi connectivity index (χ1) is 22.8. The Balaban J connectivity index is 1.33. The fraction of sp³-hybridized carbons (Fsp3) is 0. The predicted molar refractivity (Wildman–Crippen MR) is 198 cm³/mol. The molecule has 0 aliphatic rings. The second kappa shape index (κ2) is 10.9. The number of rotatable bonds is 4. The van der Waals surface area contributed by atoms with E-state index in [1.807, 2.05) is 0 Å². The average molecular weight is 583 g/mol. The summed E-state index contributed by atoms with van der Waals surface area (Å²) in [6, 6.07) is 66.5. The van der Waals surface area contributed by atoms with E-state index in [2.05, 4.69) is 182 Å². The van der Waals surface area contributed by atoms with Gasteiger partial charge in [0.15, 0.2) is 0 Å². The number of hydrogen-bond acceptors (Lipinski definition) is 0. The lowest BCUT2D eigenvalue weighted by Crippen LogP contribution is -1.92. The minimum Gasteiger partial charge on any atom is -0.0622 e. The van der Waals surface area contributed by atoms with Gasteiger partial charge in [0.2, 0.25) is 0 Å². The Bertz CT molecular complexity index is 2510. The molecule has 0 nitrogen and oxygen atoms in total. The maximum absolute atomic E-state index is 2.40. The molecule has 0 fully saturated rings. The lowest BCUT2D eigenvalue weighted by molar-refractivity contribution is 1.61. The first kappa shape index (κ1) is 26.4. The molecular formula is C46H30. The highest BCUT2D eigenvalue weighted by atomic mass is 14.2. The summed E-state index contributed by atoms with van der Waals surface area (Å²) in [5, 5.41) is 10.1. The van der Waals surface area contributed by atoms with Crippen molar-refractivity contribution >= 4 is 43.1 Å². The second-order valence-corrected chi connectivity index (χ2v) is 12.1. The Hall–Kier alpha value is -5.98. The summed E-state index contributed by atoms with van der Waals surface area (Å²) >= 11 is 0. The average Bonchev–Trinajstić information content (AvgIpc) is 3.13. The Morgan fingerprint density at radius 3 is 1.43 bits per heavy atom. The van der Waals surface area contributed by atoms with Gasteiger partial charge in [0.25, 0.3) is 0 Å². The van der Waals surface area contributed by atoms with Gasteiger partial charge < -0.3 is 0 Å². The van der Waals surface area contributed by atoms with E-state index in [4.69, 9.17) is 0 Å². The van der Waals surface area contributed by atoms with Gasteiger partial charge in [-0.2, -0.15) is 0 Å². The van der Waals surface area contributed by atoms with Crippen LogP contribution in [-0.4, -0.2) is 0 Å². The molecule has 0 unspecified atom stereocenters. The molecule has 0 saturated carbocycles. The molecule has 9 aromatic rings. The molecule has 0 saturated heterocycles. The predicted octanol–water partition coefficient (Wildman–Crippen LogP) is 13.0. The van der Waals surface area contributed by atoms with Gasteiger partial charge in [-0.05, 0) is 99.7 Å². The fourth-order valence-corrected chi connectivity index (χ4v) is 7.35. The van der Waals surface area contributed by atoms with Crippen molar-refractivity contribution in [1.82, 2.24) is 0 Å². The summed E-state index contributed by atoms with van der Waals surface area (Å²) in [5.74, 6) is 0. The van der Waals surface area contributed by atoms with Crippen LogP contribution in [0.1, 0.15) is 0 Å². The highest BCUT2D eigenvalue weighted by Crippen LogP contribution is 2.46. The van der Waals surface area contributed by atoms with Gasteiger partial charge in [0.05, 0.1) is 0 Å². The molecule has 0 spiro atoms. The van der Waals surface area contributed by atoms with E-state index >= 15 is 0 Å². The largest absolute Gasteiger partial charge is 0.0622 e. The van der Waals surface area contributed by atoms with E-state index < -0.39 is 0 Å². The summed E-state index contributed by atoms with van der Waals surface area (Å²) < 4.78 is 0. The summed E-state index contributed by atoms with van der Waals surface area (Å²) in [7, 11) is 0. The second-order valence-electron chi connectivity index (χ2n) is 12.1. The van der Waals surface area contributed by atoms with Crippen molar-refractivity contribution in [2.24, 2.45) is 0 Å². The highest BCUT2D eigenvalue weighted by Gasteiger charge is 2.18. The molecule has 0 aromatic heterocycles. The van der Waals surface area contributed by atoms with Gasteiger partial charge >= 0.3 is 0 Å². The van der Waals surface area contributed by atoms with Crippen LogP contribution in [0.15, 0.2) is 182 Å². The summed E-state index contributed by atoms with van der Waals surface area (Å²) in [6.07, 6.45) is 0. The number of benzene rings is 9. The normalized spacial score (nSPS) is 11.5. The first-order valence-corrected chi connectivity index (χ1v) is 15.9. The van der Waals surface area contributed by atoms with Gasteiger partial charge in [0.1, 0.15) is 0 Å². The van der Waals surface area contributed by atoms with Crippen LogP contribution in [0.25, 0.3) is 87.6 Å². The van der Waals surface area contributed by atoms with Crippen LogP contribution in [0, 0.1) is 0 Å². The SMILES string of the molecule is c1ccc(-c2cccc(-c3c4ccccc4c(-c4cccc5ccc(-c6cccc7ccccc67)cc45)c4ccccc34)c2)cc1. The van der Waals surface area contributed by atoms with Crippen molar-refractivity contribution in [1.29, 1.82) is 0 Å². The Labute approximate surface area is 268 Å². The lowest BCUT2D eigenvalue weighted by Gasteiger charge is -2.19. The molecule has 0 bridgehead atoms. The zero-order chi connectivity index (χ0) is 30.5. The van der Waals surface area contributed by atoms with Crippen LogP contribution in [0.4, 0.5) is 0 Å². The van der Waals surface area contributed by atoms with Gasteiger partial charge in [-0.25, -0.2) is 0 Å². The minimum absolute atomic E-state index is 1.23. The molecule has 9 aromatic carbocycles. The van der Waals surface area contributed by atoms with Crippen LogP contribution in [0.3, 0.4) is 0 Å². The van der Waals surface area contributed by atoms with Crippen molar-refractivity contribution in [3.05, 3.63) is 182 Å². The van der Waals surface area contributed by atoms with Crippen molar-refractivity contribution in [2.75, 3.05) is 0 Å². The maximum atomic E-state index is 2.40. The Kier molecular flexibility index (Phi) is 6.25. The highest BCUT2D eigenvalue weighted by molar-refractivity contribution is 6.23. The molecule has 0 aliphatic carbocycles. The molecule has 9 rings (SSSR count). The number of fused-ring (bicyclic) bond motifs is 4. The van der Waals surface area contributed by atoms with Gasteiger partial charge in [-0.3, -0.25) is 0 Å². The maximum Gasteiger partial charge on any atom is -0.00201 e. The monoisotopic (exact) mass is 582 g/mol. The molecular weight excluding hydrogens is 553 g/mol. The molecule has 214 valence electrons. The molecule has 0 heterocycles. The molecule has 0 atom stereocenters. The Morgan fingerprint density at radius 1 is 0.217 bits per heavy atom. The topological polar surface area (TPSA) is 0 Å². The smallest absolute Gasteiger partial charge is 0.00201 e. The van der Waals surface area contributed by atoms with Gasteiger partial charge in [0, 0.05) is 0 Å². The quantitative estimate of drug-likeness (QED) is 0.181. The van der Waals surface area contributed by atoms with Crippen LogP contribution in [-0.2, 0) is 0 Å². The zero-order valence-electron chi connectivity index (χ0n) is 25.3. The molecule has 46 heavy (non-hydrogen) atoms. The third-order valence-electron chi connectivity index (χ3n) is 9.44.